The van der Waals surface area contributed by atoms with Crippen molar-refractivity contribution in [3.05, 3.63) is 12.2 Å². The van der Waals surface area contributed by atoms with E-state index in [1.165, 1.54) is 0 Å². The quantitative estimate of drug-likeness (QED) is 0.755. The van der Waals surface area contributed by atoms with Gasteiger partial charge in [0.05, 0.1) is 5.60 Å². The van der Waals surface area contributed by atoms with Crippen molar-refractivity contribution < 1.29 is 4.74 Å². The molecule has 0 fully saturated rings. The summed E-state index contributed by atoms with van der Waals surface area (Å²) in [6.45, 7) is 12.6. The summed E-state index contributed by atoms with van der Waals surface area (Å²) < 4.78 is 7.57. The molecule has 0 saturated carbocycles. The average Bonchev–Trinajstić information content (AvgIpc) is 2.75. The molecule has 0 amide bonds. The Hall–Kier alpha value is -0.940. The van der Waals surface area contributed by atoms with Crippen molar-refractivity contribution in [3.63, 3.8) is 0 Å². The SMILES string of the molecule is CCNC(Cc1ncnn1CC(C)C)CC(C)(C)OC. The van der Waals surface area contributed by atoms with Crippen molar-refractivity contribution in [2.75, 3.05) is 13.7 Å². The van der Waals surface area contributed by atoms with Crippen LogP contribution in [0.1, 0.15) is 46.9 Å². The number of nitrogens with zero attached hydrogens (tertiary/aromatic N) is 3. The van der Waals surface area contributed by atoms with E-state index in [0.717, 1.165) is 31.8 Å². The summed E-state index contributed by atoms with van der Waals surface area (Å²) in [5.74, 6) is 1.63. The van der Waals surface area contributed by atoms with E-state index in [1.54, 1.807) is 13.4 Å². The Morgan fingerprint density at radius 1 is 1.40 bits per heavy atom. The van der Waals surface area contributed by atoms with E-state index < -0.39 is 0 Å². The fourth-order valence-corrected chi connectivity index (χ4v) is 2.35. The highest BCUT2D eigenvalue weighted by Gasteiger charge is 2.24. The van der Waals surface area contributed by atoms with Crippen molar-refractivity contribution >= 4 is 0 Å². The summed E-state index contributed by atoms with van der Waals surface area (Å²) in [6, 6.07) is 0.352. The Labute approximate surface area is 123 Å². The molecule has 0 bridgehead atoms. The van der Waals surface area contributed by atoms with E-state index in [1.807, 2.05) is 4.68 Å². The van der Waals surface area contributed by atoms with Gasteiger partial charge in [-0.05, 0) is 32.7 Å². The summed E-state index contributed by atoms with van der Waals surface area (Å²) in [5.41, 5.74) is -0.129. The molecule has 1 N–H and O–H groups in total. The van der Waals surface area contributed by atoms with Crippen LogP contribution in [0.5, 0.6) is 0 Å². The van der Waals surface area contributed by atoms with E-state index in [0.29, 0.717) is 12.0 Å². The van der Waals surface area contributed by atoms with Gasteiger partial charge < -0.3 is 10.1 Å². The van der Waals surface area contributed by atoms with Gasteiger partial charge in [0.15, 0.2) is 0 Å². The molecule has 0 aliphatic heterocycles. The molecule has 0 aromatic carbocycles. The van der Waals surface area contributed by atoms with Gasteiger partial charge in [-0.15, -0.1) is 0 Å². The third-order valence-corrected chi connectivity index (χ3v) is 3.45. The Morgan fingerprint density at radius 2 is 2.10 bits per heavy atom. The van der Waals surface area contributed by atoms with Crippen LogP contribution in [0.4, 0.5) is 0 Å². The van der Waals surface area contributed by atoms with Gasteiger partial charge >= 0.3 is 0 Å². The van der Waals surface area contributed by atoms with Crippen LogP contribution < -0.4 is 5.32 Å². The number of rotatable bonds is 9. The zero-order valence-electron chi connectivity index (χ0n) is 13.8. The van der Waals surface area contributed by atoms with Crippen molar-refractivity contribution in [3.8, 4) is 0 Å². The number of hydrogen-bond acceptors (Lipinski definition) is 4. The molecule has 5 nitrogen and oxygen atoms in total. The van der Waals surface area contributed by atoms with Crippen molar-refractivity contribution in [1.29, 1.82) is 0 Å². The topological polar surface area (TPSA) is 52.0 Å². The predicted octanol–water partition coefficient (Wildman–Crippen LogP) is 2.27. The van der Waals surface area contributed by atoms with Gasteiger partial charge in [-0.1, -0.05) is 20.8 Å². The molecule has 0 saturated heterocycles. The second kappa shape index (κ2) is 7.74. The lowest BCUT2D eigenvalue weighted by Gasteiger charge is -2.29. The Morgan fingerprint density at radius 3 is 2.65 bits per heavy atom. The van der Waals surface area contributed by atoms with Crippen LogP contribution in [-0.2, 0) is 17.7 Å². The van der Waals surface area contributed by atoms with Crippen molar-refractivity contribution in [2.24, 2.45) is 5.92 Å². The van der Waals surface area contributed by atoms with E-state index in [4.69, 9.17) is 4.74 Å². The van der Waals surface area contributed by atoms with Crippen LogP contribution in [0.25, 0.3) is 0 Å². The molecule has 0 aliphatic rings. The molecular weight excluding hydrogens is 252 g/mol. The van der Waals surface area contributed by atoms with Gasteiger partial charge in [-0.25, -0.2) is 9.67 Å². The monoisotopic (exact) mass is 282 g/mol. The zero-order valence-corrected chi connectivity index (χ0v) is 13.8. The normalized spacial score (nSPS) is 13.9. The number of nitrogens with one attached hydrogen (secondary N) is 1. The molecule has 0 spiro atoms. The van der Waals surface area contributed by atoms with Crippen LogP contribution in [0, 0.1) is 5.92 Å². The van der Waals surface area contributed by atoms with Gasteiger partial charge in [0.1, 0.15) is 12.2 Å². The Bertz CT molecular complexity index is 387. The van der Waals surface area contributed by atoms with E-state index in [2.05, 4.69) is 50.0 Å². The molecule has 0 radical (unpaired) electrons. The van der Waals surface area contributed by atoms with Gasteiger partial charge in [0.25, 0.3) is 0 Å². The van der Waals surface area contributed by atoms with E-state index in [9.17, 15) is 0 Å². The summed E-state index contributed by atoms with van der Waals surface area (Å²) in [4.78, 5) is 4.42. The third-order valence-electron chi connectivity index (χ3n) is 3.45. The lowest BCUT2D eigenvalue weighted by atomic mass is 9.96. The van der Waals surface area contributed by atoms with Crippen LogP contribution in [0.3, 0.4) is 0 Å². The first-order valence-electron chi connectivity index (χ1n) is 7.53. The highest BCUT2D eigenvalue weighted by atomic mass is 16.5. The highest BCUT2D eigenvalue weighted by molar-refractivity contribution is 4.92. The predicted molar refractivity (Wildman–Crippen MR) is 81.7 cm³/mol. The van der Waals surface area contributed by atoms with Crippen molar-refractivity contribution in [2.45, 2.75) is 65.6 Å². The maximum Gasteiger partial charge on any atom is 0.138 e. The molecule has 1 heterocycles. The lowest BCUT2D eigenvalue weighted by Crippen LogP contribution is -2.39. The first-order chi connectivity index (χ1) is 9.38. The van der Waals surface area contributed by atoms with Crippen LogP contribution in [0.15, 0.2) is 6.33 Å². The fraction of sp³-hybridized carbons (Fsp3) is 0.867. The molecule has 5 heteroatoms. The van der Waals surface area contributed by atoms with Crippen LogP contribution in [-0.4, -0.2) is 40.1 Å². The molecular formula is C15H30N4O. The number of aromatic nitrogens is 3. The largest absolute Gasteiger partial charge is 0.379 e. The molecule has 1 unspecified atom stereocenters. The molecule has 1 aromatic heterocycles. The minimum absolute atomic E-state index is 0.129. The first-order valence-corrected chi connectivity index (χ1v) is 7.53. The maximum absolute atomic E-state index is 5.55. The van der Waals surface area contributed by atoms with Crippen LogP contribution in [0.2, 0.25) is 0 Å². The molecule has 0 aliphatic carbocycles. The van der Waals surface area contributed by atoms with Crippen molar-refractivity contribution in [1.82, 2.24) is 20.1 Å². The smallest absolute Gasteiger partial charge is 0.138 e. The number of hydrogen-bond donors (Lipinski definition) is 1. The Kier molecular flexibility index (Phi) is 6.62. The first kappa shape index (κ1) is 17.1. The summed E-state index contributed by atoms with van der Waals surface area (Å²) >= 11 is 0. The van der Waals surface area contributed by atoms with Gasteiger partial charge in [-0.2, -0.15) is 5.10 Å². The van der Waals surface area contributed by atoms with Gasteiger partial charge in [0.2, 0.25) is 0 Å². The minimum atomic E-state index is -0.129. The van der Waals surface area contributed by atoms with Gasteiger partial charge in [0, 0.05) is 26.1 Å². The second-order valence-electron chi connectivity index (χ2n) is 6.38. The molecule has 116 valence electrons. The summed E-state index contributed by atoms with van der Waals surface area (Å²) in [6.07, 6.45) is 3.49. The molecule has 1 aromatic rings. The standard InChI is InChI=1S/C15H30N4O/c1-7-16-13(9-15(4,5)20-6)8-14-17-11-18-19(14)10-12(2)3/h11-13,16H,7-10H2,1-6H3. The summed E-state index contributed by atoms with van der Waals surface area (Å²) in [5, 5.41) is 7.86. The number of ether oxygens (including phenoxy) is 1. The third kappa shape index (κ3) is 5.59. The zero-order chi connectivity index (χ0) is 15.2. The number of likely N-dealkylation sites (N-methyl/N-ethyl adjacent to an activating group) is 1. The lowest BCUT2D eigenvalue weighted by molar-refractivity contribution is 0.00702. The van der Waals surface area contributed by atoms with E-state index in [-0.39, 0.29) is 5.60 Å². The number of methoxy groups -OCH3 is 1. The maximum atomic E-state index is 5.55. The second-order valence-corrected chi connectivity index (χ2v) is 6.38. The highest BCUT2D eigenvalue weighted by Crippen LogP contribution is 2.18. The van der Waals surface area contributed by atoms with Gasteiger partial charge in [-0.3, -0.25) is 0 Å². The summed E-state index contributed by atoms with van der Waals surface area (Å²) in [7, 11) is 1.77. The molecule has 20 heavy (non-hydrogen) atoms. The molecule has 1 rings (SSSR count). The Balaban J connectivity index is 2.72. The van der Waals surface area contributed by atoms with Crippen LogP contribution >= 0.6 is 0 Å². The fourth-order valence-electron chi connectivity index (χ4n) is 2.35. The van der Waals surface area contributed by atoms with E-state index >= 15 is 0 Å². The average molecular weight is 282 g/mol. The minimum Gasteiger partial charge on any atom is -0.379 e. The molecule has 1 atom stereocenters.